The third kappa shape index (κ3) is 2.48. The minimum absolute atomic E-state index is 0.206. The summed E-state index contributed by atoms with van der Waals surface area (Å²) < 4.78 is 1.89. The standard InChI is InChI=1S/C13H15N5O/c1-9-8-18-11(7-15-9)5-12(17-18)13(19)16-10-3-2-4-14-6-10/h2-6,9,15H,7-8H2,1H3,(H,16,19). The number of hydrogen-bond donors (Lipinski definition) is 2. The second-order valence-corrected chi connectivity index (χ2v) is 4.68. The summed E-state index contributed by atoms with van der Waals surface area (Å²) >= 11 is 0. The van der Waals surface area contributed by atoms with Gasteiger partial charge in [-0.15, -0.1) is 0 Å². The summed E-state index contributed by atoms with van der Waals surface area (Å²) in [6.45, 7) is 3.63. The van der Waals surface area contributed by atoms with E-state index in [4.69, 9.17) is 0 Å². The number of pyridine rings is 1. The van der Waals surface area contributed by atoms with E-state index in [1.54, 1.807) is 24.5 Å². The van der Waals surface area contributed by atoms with Crippen molar-refractivity contribution in [3.8, 4) is 0 Å². The Bertz CT molecular complexity index is 592. The lowest BCUT2D eigenvalue weighted by Gasteiger charge is -2.21. The van der Waals surface area contributed by atoms with Crippen molar-refractivity contribution in [2.45, 2.75) is 26.1 Å². The lowest BCUT2D eigenvalue weighted by Crippen LogP contribution is -2.36. The van der Waals surface area contributed by atoms with Gasteiger partial charge in [-0.05, 0) is 25.1 Å². The molecule has 0 aliphatic carbocycles. The monoisotopic (exact) mass is 257 g/mol. The molecule has 6 nitrogen and oxygen atoms in total. The van der Waals surface area contributed by atoms with Gasteiger partial charge >= 0.3 is 0 Å². The molecule has 98 valence electrons. The van der Waals surface area contributed by atoms with Crippen LogP contribution in [-0.2, 0) is 13.1 Å². The van der Waals surface area contributed by atoms with E-state index in [0.717, 1.165) is 18.8 Å². The van der Waals surface area contributed by atoms with E-state index in [2.05, 4.69) is 27.6 Å². The maximum Gasteiger partial charge on any atom is 0.276 e. The Morgan fingerprint density at radius 3 is 3.26 bits per heavy atom. The Morgan fingerprint density at radius 2 is 2.47 bits per heavy atom. The SMILES string of the molecule is CC1Cn2nc(C(=O)Nc3cccnc3)cc2CN1. The van der Waals surface area contributed by atoms with Crippen LogP contribution in [0.3, 0.4) is 0 Å². The zero-order valence-corrected chi connectivity index (χ0v) is 10.6. The predicted molar refractivity (Wildman–Crippen MR) is 70.7 cm³/mol. The molecule has 6 heteroatoms. The molecule has 19 heavy (non-hydrogen) atoms. The first kappa shape index (κ1) is 11.9. The molecule has 0 radical (unpaired) electrons. The fraction of sp³-hybridized carbons (Fsp3) is 0.308. The van der Waals surface area contributed by atoms with Gasteiger partial charge in [-0.1, -0.05) is 0 Å². The molecular weight excluding hydrogens is 242 g/mol. The molecular formula is C13H15N5O. The molecule has 2 aromatic rings. The van der Waals surface area contributed by atoms with Crippen LogP contribution in [0.2, 0.25) is 0 Å². The molecule has 0 fully saturated rings. The van der Waals surface area contributed by atoms with E-state index >= 15 is 0 Å². The lowest BCUT2D eigenvalue weighted by molar-refractivity contribution is 0.102. The largest absolute Gasteiger partial charge is 0.319 e. The first-order valence-electron chi connectivity index (χ1n) is 6.24. The van der Waals surface area contributed by atoms with Crippen LogP contribution in [0, 0.1) is 0 Å². The van der Waals surface area contributed by atoms with Gasteiger partial charge in [0.25, 0.3) is 5.91 Å². The molecule has 1 amide bonds. The van der Waals surface area contributed by atoms with Crippen LogP contribution < -0.4 is 10.6 Å². The van der Waals surface area contributed by atoms with Gasteiger partial charge in [-0.25, -0.2) is 0 Å². The maximum atomic E-state index is 12.1. The van der Waals surface area contributed by atoms with Gasteiger partial charge in [0.1, 0.15) is 0 Å². The van der Waals surface area contributed by atoms with Crippen molar-refractivity contribution < 1.29 is 4.79 Å². The number of carbonyl (C=O) groups is 1. The van der Waals surface area contributed by atoms with Crippen LogP contribution in [0.5, 0.6) is 0 Å². The Labute approximate surface area is 110 Å². The molecule has 0 saturated heterocycles. The summed E-state index contributed by atoms with van der Waals surface area (Å²) in [5.41, 5.74) is 2.15. The highest BCUT2D eigenvalue weighted by Gasteiger charge is 2.19. The van der Waals surface area contributed by atoms with Gasteiger partial charge in [-0.2, -0.15) is 5.10 Å². The number of hydrogen-bond acceptors (Lipinski definition) is 4. The van der Waals surface area contributed by atoms with Crippen LogP contribution in [0.4, 0.5) is 5.69 Å². The molecule has 1 aliphatic rings. The first-order valence-corrected chi connectivity index (χ1v) is 6.24. The molecule has 2 aromatic heterocycles. The van der Waals surface area contributed by atoms with Crippen LogP contribution in [0.25, 0.3) is 0 Å². The molecule has 3 heterocycles. The van der Waals surface area contributed by atoms with E-state index in [1.807, 2.05) is 10.7 Å². The van der Waals surface area contributed by atoms with Crippen LogP contribution >= 0.6 is 0 Å². The van der Waals surface area contributed by atoms with E-state index in [9.17, 15) is 4.79 Å². The highest BCUT2D eigenvalue weighted by atomic mass is 16.1. The number of amides is 1. The van der Waals surface area contributed by atoms with Crippen molar-refractivity contribution >= 4 is 11.6 Å². The number of anilines is 1. The van der Waals surface area contributed by atoms with Crippen molar-refractivity contribution in [1.29, 1.82) is 0 Å². The fourth-order valence-corrected chi connectivity index (χ4v) is 2.10. The van der Waals surface area contributed by atoms with Gasteiger partial charge < -0.3 is 10.6 Å². The smallest absolute Gasteiger partial charge is 0.276 e. The van der Waals surface area contributed by atoms with Crippen LogP contribution in [-0.4, -0.2) is 26.7 Å². The summed E-state index contributed by atoms with van der Waals surface area (Å²) in [5.74, 6) is -0.206. The number of carbonyl (C=O) groups excluding carboxylic acids is 1. The first-order chi connectivity index (χ1) is 9.22. The lowest BCUT2D eigenvalue weighted by atomic mass is 10.2. The van der Waals surface area contributed by atoms with Crippen LogP contribution in [0.1, 0.15) is 23.1 Å². The minimum atomic E-state index is -0.206. The number of nitrogens with one attached hydrogen (secondary N) is 2. The van der Waals surface area contributed by atoms with Gasteiger partial charge in [0, 0.05) is 18.8 Å². The molecule has 0 bridgehead atoms. The molecule has 0 aromatic carbocycles. The summed E-state index contributed by atoms with van der Waals surface area (Å²) in [4.78, 5) is 16.0. The average Bonchev–Trinajstić information content (AvgIpc) is 2.83. The third-order valence-corrected chi connectivity index (χ3v) is 3.09. The number of aromatic nitrogens is 3. The van der Waals surface area contributed by atoms with Crippen LogP contribution in [0.15, 0.2) is 30.6 Å². The number of nitrogens with zero attached hydrogens (tertiary/aromatic N) is 3. The van der Waals surface area contributed by atoms with E-state index < -0.39 is 0 Å². The Hall–Kier alpha value is -2.21. The van der Waals surface area contributed by atoms with Crippen molar-refractivity contribution in [3.05, 3.63) is 42.0 Å². The molecule has 1 aliphatic heterocycles. The second kappa shape index (κ2) is 4.81. The van der Waals surface area contributed by atoms with Gasteiger partial charge in [-0.3, -0.25) is 14.5 Å². The molecule has 2 N–H and O–H groups in total. The molecule has 0 saturated carbocycles. The normalized spacial score (nSPS) is 17.8. The predicted octanol–water partition coefficient (Wildman–Crippen LogP) is 1.02. The van der Waals surface area contributed by atoms with Gasteiger partial charge in [0.15, 0.2) is 5.69 Å². The zero-order valence-electron chi connectivity index (χ0n) is 10.6. The summed E-state index contributed by atoms with van der Waals surface area (Å²) in [6, 6.07) is 5.77. The Morgan fingerprint density at radius 1 is 1.58 bits per heavy atom. The van der Waals surface area contributed by atoms with Crippen molar-refractivity contribution in [2.24, 2.45) is 0 Å². The highest BCUT2D eigenvalue weighted by molar-refractivity contribution is 6.02. The zero-order chi connectivity index (χ0) is 13.2. The van der Waals surface area contributed by atoms with Gasteiger partial charge in [0.2, 0.25) is 0 Å². The van der Waals surface area contributed by atoms with Crippen molar-refractivity contribution in [2.75, 3.05) is 5.32 Å². The van der Waals surface area contributed by atoms with Crippen molar-refractivity contribution in [1.82, 2.24) is 20.1 Å². The molecule has 3 rings (SSSR count). The van der Waals surface area contributed by atoms with Crippen molar-refractivity contribution in [3.63, 3.8) is 0 Å². The maximum absolute atomic E-state index is 12.1. The highest BCUT2D eigenvalue weighted by Crippen LogP contribution is 2.12. The topological polar surface area (TPSA) is 71.8 Å². The second-order valence-electron chi connectivity index (χ2n) is 4.68. The summed E-state index contributed by atoms with van der Waals surface area (Å²) in [6.07, 6.45) is 3.27. The molecule has 0 spiro atoms. The molecule has 1 atom stereocenters. The third-order valence-electron chi connectivity index (χ3n) is 3.09. The summed E-state index contributed by atoms with van der Waals surface area (Å²) in [7, 11) is 0. The Balaban J connectivity index is 1.78. The quantitative estimate of drug-likeness (QED) is 0.842. The van der Waals surface area contributed by atoms with E-state index in [0.29, 0.717) is 17.4 Å². The van der Waals surface area contributed by atoms with Gasteiger partial charge in [0.05, 0.1) is 24.1 Å². The number of fused-ring (bicyclic) bond motifs is 1. The fourth-order valence-electron chi connectivity index (χ4n) is 2.10. The summed E-state index contributed by atoms with van der Waals surface area (Å²) in [5, 5.41) is 10.5. The Kier molecular flexibility index (Phi) is 3.00. The average molecular weight is 257 g/mol. The van der Waals surface area contributed by atoms with E-state index in [-0.39, 0.29) is 5.91 Å². The van der Waals surface area contributed by atoms with E-state index in [1.165, 1.54) is 0 Å². The minimum Gasteiger partial charge on any atom is -0.319 e. The number of rotatable bonds is 2. The molecule has 1 unspecified atom stereocenters.